The summed E-state index contributed by atoms with van der Waals surface area (Å²) in [5.41, 5.74) is 1.40. The number of hydrogen-bond donors (Lipinski definition) is 1. The lowest BCUT2D eigenvalue weighted by Gasteiger charge is -2.34. The number of nitrogens with zero attached hydrogens (tertiary/aromatic N) is 1. The van der Waals surface area contributed by atoms with Crippen LogP contribution in [0.3, 0.4) is 0 Å². The highest BCUT2D eigenvalue weighted by molar-refractivity contribution is 5.94. The summed E-state index contributed by atoms with van der Waals surface area (Å²) < 4.78 is 0. The summed E-state index contributed by atoms with van der Waals surface area (Å²) in [5.74, 6) is 0. The van der Waals surface area contributed by atoms with Crippen molar-refractivity contribution in [3.63, 3.8) is 0 Å². The van der Waals surface area contributed by atoms with Gasteiger partial charge in [0.15, 0.2) is 0 Å². The van der Waals surface area contributed by atoms with E-state index in [0.717, 1.165) is 19.6 Å². The molecule has 0 bridgehead atoms. The van der Waals surface area contributed by atoms with Crippen LogP contribution in [0.15, 0.2) is 42.5 Å². The van der Waals surface area contributed by atoms with Gasteiger partial charge in [-0.15, -0.1) is 0 Å². The van der Waals surface area contributed by atoms with Gasteiger partial charge in [0.05, 0.1) is 0 Å². The van der Waals surface area contributed by atoms with Gasteiger partial charge in [0.25, 0.3) is 0 Å². The molecule has 1 saturated heterocycles. The highest BCUT2D eigenvalue weighted by Gasteiger charge is 2.19. The molecule has 0 amide bonds. The van der Waals surface area contributed by atoms with Crippen LogP contribution in [0.25, 0.3) is 10.8 Å². The van der Waals surface area contributed by atoms with E-state index in [1.807, 2.05) is 0 Å². The molecule has 1 heterocycles. The lowest BCUT2D eigenvalue weighted by molar-refractivity contribution is 0.416. The lowest BCUT2D eigenvalue weighted by Crippen LogP contribution is -2.42. The van der Waals surface area contributed by atoms with Crippen molar-refractivity contribution in [1.29, 1.82) is 0 Å². The van der Waals surface area contributed by atoms with E-state index in [4.69, 9.17) is 0 Å². The summed E-state index contributed by atoms with van der Waals surface area (Å²) >= 11 is 0. The van der Waals surface area contributed by atoms with E-state index in [1.165, 1.54) is 35.7 Å². The molecule has 20 heavy (non-hydrogen) atoms. The maximum atomic E-state index is 3.65. The molecule has 2 aromatic rings. The first-order valence-corrected chi connectivity index (χ1v) is 7.84. The van der Waals surface area contributed by atoms with E-state index in [0.29, 0.717) is 6.04 Å². The second-order valence-corrected chi connectivity index (χ2v) is 5.71. The fourth-order valence-corrected chi connectivity index (χ4v) is 3.16. The summed E-state index contributed by atoms with van der Waals surface area (Å²) in [7, 11) is 0. The summed E-state index contributed by atoms with van der Waals surface area (Å²) in [6, 6.07) is 16.1. The standard InChI is InChI=1S/C18H24N2/c1-2-12-19-16-10-13-20(14-11-16)18-9-5-7-15-6-3-4-8-17(15)18/h3-9,16,19H,2,10-14H2,1H3. The predicted octanol–water partition coefficient (Wildman–Crippen LogP) is 3.81. The van der Waals surface area contributed by atoms with E-state index >= 15 is 0 Å². The van der Waals surface area contributed by atoms with Crippen molar-refractivity contribution in [3.8, 4) is 0 Å². The zero-order valence-corrected chi connectivity index (χ0v) is 12.3. The second kappa shape index (κ2) is 6.27. The Morgan fingerprint density at radius 2 is 1.80 bits per heavy atom. The molecular weight excluding hydrogens is 244 g/mol. The largest absolute Gasteiger partial charge is 0.371 e. The predicted molar refractivity (Wildman–Crippen MR) is 87.5 cm³/mol. The monoisotopic (exact) mass is 268 g/mol. The third-order valence-electron chi connectivity index (χ3n) is 4.29. The molecule has 0 unspecified atom stereocenters. The minimum atomic E-state index is 0.709. The Balaban J connectivity index is 1.74. The third kappa shape index (κ3) is 2.80. The van der Waals surface area contributed by atoms with Crippen molar-refractivity contribution in [3.05, 3.63) is 42.5 Å². The van der Waals surface area contributed by atoms with Gasteiger partial charge in [-0.25, -0.2) is 0 Å². The van der Waals surface area contributed by atoms with Gasteiger partial charge in [-0.1, -0.05) is 43.3 Å². The quantitative estimate of drug-likeness (QED) is 0.907. The number of hydrogen-bond acceptors (Lipinski definition) is 2. The summed E-state index contributed by atoms with van der Waals surface area (Å²) in [4.78, 5) is 2.55. The Kier molecular flexibility index (Phi) is 4.22. The van der Waals surface area contributed by atoms with Gasteiger partial charge in [0.1, 0.15) is 0 Å². The van der Waals surface area contributed by atoms with Crippen LogP contribution in [-0.2, 0) is 0 Å². The molecule has 1 aliphatic heterocycles. The second-order valence-electron chi connectivity index (χ2n) is 5.71. The molecule has 0 radical (unpaired) electrons. The lowest BCUT2D eigenvalue weighted by atomic mass is 10.0. The average molecular weight is 268 g/mol. The maximum absolute atomic E-state index is 3.65. The fraction of sp³-hybridized carbons (Fsp3) is 0.444. The molecule has 1 N–H and O–H groups in total. The maximum Gasteiger partial charge on any atom is 0.0445 e. The van der Waals surface area contributed by atoms with Crippen LogP contribution < -0.4 is 10.2 Å². The third-order valence-corrected chi connectivity index (χ3v) is 4.29. The first kappa shape index (κ1) is 13.4. The molecule has 0 aromatic heterocycles. The van der Waals surface area contributed by atoms with Gasteiger partial charge >= 0.3 is 0 Å². The minimum absolute atomic E-state index is 0.709. The van der Waals surface area contributed by atoms with E-state index < -0.39 is 0 Å². The molecule has 2 aromatic carbocycles. The van der Waals surface area contributed by atoms with Crippen LogP contribution >= 0.6 is 0 Å². The molecule has 106 valence electrons. The Morgan fingerprint density at radius 3 is 2.60 bits per heavy atom. The van der Waals surface area contributed by atoms with Gasteiger partial charge in [-0.3, -0.25) is 0 Å². The van der Waals surface area contributed by atoms with Crippen molar-refractivity contribution >= 4 is 16.5 Å². The number of rotatable bonds is 4. The Hall–Kier alpha value is -1.54. The summed E-state index contributed by atoms with van der Waals surface area (Å²) in [5, 5.41) is 6.38. The van der Waals surface area contributed by atoms with Gasteiger partial charge in [0.2, 0.25) is 0 Å². The Morgan fingerprint density at radius 1 is 1.05 bits per heavy atom. The zero-order valence-electron chi connectivity index (χ0n) is 12.3. The summed E-state index contributed by atoms with van der Waals surface area (Å²) in [6.07, 6.45) is 3.73. The smallest absolute Gasteiger partial charge is 0.0445 e. The molecule has 0 aliphatic carbocycles. The number of benzene rings is 2. The highest BCUT2D eigenvalue weighted by Crippen LogP contribution is 2.28. The van der Waals surface area contributed by atoms with Crippen LogP contribution in [0.1, 0.15) is 26.2 Å². The van der Waals surface area contributed by atoms with Crippen LogP contribution in [0, 0.1) is 0 Å². The van der Waals surface area contributed by atoms with Crippen molar-refractivity contribution < 1.29 is 0 Å². The number of anilines is 1. The van der Waals surface area contributed by atoms with Crippen LogP contribution in [0.4, 0.5) is 5.69 Å². The molecule has 0 spiro atoms. The normalized spacial score (nSPS) is 16.8. The molecule has 0 atom stereocenters. The van der Waals surface area contributed by atoms with Crippen molar-refractivity contribution in [2.75, 3.05) is 24.5 Å². The van der Waals surface area contributed by atoms with Gasteiger partial charge in [-0.2, -0.15) is 0 Å². The highest BCUT2D eigenvalue weighted by atomic mass is 15.1. The van der Waals surface area contributed by atoms with E-state index in [9.17, 15) is 0 Å². The molecule has 2 heteroatoms. The SMILES string of the molecule is CCCNC1CCN(c2cccc3ccccc23)CC1. The van der Waals surface area contributed by atoms with Crippen molar-refractivity contribution in [2.24, 2.45) is 0 Å². The van der Waals surface area contributed by atoms with Crippen molar-refractivity contribution in [1.82, 2.24) is 5.32 Å². The topological polar surface area (TPSA) is 15.3 Å². The van der Waals surface area contributed by atoms with Gasteiger partial charge in [-0.05, 0) is 37.3 Å². The number of fused-ring (bicyclic) bond motifs is 1. The van der Waals surface area contributed by atoms with Crippen LogP contribution in [0.2, 0.25) is 0 Å². The Labute approximate surface area is 121 Å². The first-order chi connectivity index (χ1) is 9.88. The van der Waals surface area contributed by atoms with Gasteiger partial charge < -0.3 is 10.2 Å². The fourth-order valence-electron chi connectivity index (χ4n) is 3.16. The molecule has 0 saturated carbocycles. The van der Waals surface area contributed by atoms with Crippen molar-refractivity contribution in [2.45, 2.75) is 32.2 Å². The number of nitrogens with one attached hydrogen (secondary N) is 1. The minimum Gasteiger partial charge on any atom is -0.371 e. The van der Waals surface area contributed by atoms with Gasteiger partial charge in [0, 0.05) is 30.2 Å². The number of piperidine rings is 1. The zero-order chi connectivity index (χ0) is 13.8. The van der Waals surface area contributed by atoms with E-state index in [1.54, 1.807) is 0 Å². The molecule has 1 fully saturated rings. The molecule has 3 rings (SSSR count). The van der Waals surface area contributed by atoms with E-state index in [2.05, 4.69) is 59.6 Å². The van der Waals surface area contributed by atoms with Crippen LogP contribution in [0.5, 0.6) is 0 Å². The summed E-state index contributed by atoms with van der Waals surface area (Å²) in [6.45, 7) is 5.71. The molecular formula is C18H24N2. The first-order valence-electron chi connectivity index (χ1n) is 7.84. The van der Waals surface area contributed by atoms with Crippen LogP contribution in [-0.4, -0.2) is 25.7 Å². The molecule has 2 nitrogen and oxygen atoms in total. The average Bonchev–Trinajstić information content (AvgIpc) is 2.53. The Bertz CT molecular complexity index is 551. The van der Waals surface area contributed by atoms with E-state index in [-0.39, 0.29) is 0 Å². The molecule has 1 aliphatic rings.